The average Bonchev–Trinajstić information content (AvgIpc) is 2.29. The van der Waals surface area contributed by atoms with Gasteiger partial charge >= 0.3 is 0 Å². The molecule has 1 rings (SSSR count). The summed E-state index contributed by atoms with van der Waals surface area (Å²) in [5.74, 6) is 0.670. The summed E-state index contributed by atoms with van der Waals surface area (Å²) in [7, 11) is 0. The number of nitrogens with one attached hydrogen (secondary N) is 1. The van der Waals surface area contributed by atoms with Gasteiger partial charge in [-0.3, -0.25) is 0 Å². The van der Waals surface area contributed by atoms with E-state index < -0.39 is 0 Å². The second kappa shape index (κ2) is 6.38. The smallest absolute Gasteiger partial charge is 0.00132 e. The molecular weight excluding hydrogens is 218 g/mol. The lowest BCUT2D eigenvalue weighted by Gasteiger charge is -2.35. The van der Waals surface area contributed by atoms with Crippen molar-refractivity contribution < 1.29 is 0 Å². The van der Waals surface area contributed by atoms with Gasteiger partial charge in [0.1, 0.15) is 0 Å². The van der Waals surface area contributed by atoms with Gasteiger partial charge in [0.2, 0.25) is 0 Å². The highest BCUT2D eigenvalue weighted by atomic mass is 14.9. The van der Waals surface area contributed by atoms with E-state index in [0.29, 0.717) is 17.4 Å². The summed E-state index contributed by atoms with van der Waals surface area (Å²) in [6, 6.07) is 9.31. The van der Waals surface area contributed by atoms with Crippen LogP contribution in [0.3, 0.4) is 0 Å². The quantitative estimate of drug-likeness (QED) is 0.794. The first kappa shape index (κ1) is 15.2. The molecule has 1 aromatic carbocycles. The average molecular weight is 247 g/mol. The van der Waals surface area contributed by atoms with Crippen molar-refractivity contribution in [3.63, 3.8) is 0 Å². The number of benzene rings is 1. The number of hydrogen-bond acceptors (Lipinski definition) is 1. The van der Waals surface area contributed by atoms with Crippen molar-refractivity contribution in [1.29, 1.82) is 0 Å². The molecule has 0 heterocycles. The lowest BCUT2D eigenvalue weighted by molar-refractivity contribution is 0.202. The van der Waals surface area contributed by atoms with Gasteiger partial charge < -0.3 is 5.32 Å². The van der Waals surface area contributed by atoms with Crippen LogP contribution in [0.5, 0.6) is 0 Å². The van der Waals surface area contributed by atoms with E-state index in [9.17, 15) is 0 Å². The predicted molar refractivity (Wildman–Crippen MR) is 81.0 cm³/mol. The van der Waals surface area contributed by atoms with Crippen LogP contribution in [0.4, 0.5) is 0 Å². The second-order valence-electron chi connectivity index (χ2n) is 6.45. The molecule has 1 unspecified atom stereocenters. The van der Waals surface area contributed by atoms with Crippen molar-refractivity contribution >= 4 is 0 Å². The van der Waals surface area contributed by atoms with Gasteiger partial charge in [-0.05, 0) is 35.8 Å². The van der Waals surface area contributed by atoms with Crippen LogP contribution in [0.25, 0.3) is 0 Å². The maximum atomic E-state index is 3.61. The van der Waals surface area contributed by atoms with Gasteiger partial charge in [-0.2, -0.15) is 0 Å². The van der Waals surface area contributed by atoms with Crippen molar-refractivity contribution in [2.24, 2.45) is 11.3 Å². The summed E-state index contributed by atoms with van der Waals surface area (Å²) in [5, 5.41) is 3.61. The van der Waals surface area contributed by atoms with Gasteiger partial charge in [0.05, 0.1) is 0 Å². The van der Waals surface area contributed by atoms with Crippen LogP contribution in [0.2, 0.25) is 0 Å². The Bertz CT molecular complexity index is 368. The summed E-state index contributed by atoms with van der Waals surface area (Å²) in [6.45, 7) is 14.8. The Morgan fingerprint density at radius 1 is 1.11 bits per heavy atom. The maximum Gasteiger partial charge on any atom is 0.00132 e. The molecule has 0 saturated heterocycles. The van der Waals surface area contributed by atoms with E-state index in [0.717, 1.165) is 13.0 Å². The summed E-state index contributed by atoms with van der Waals surface area (Å²) in [4.78, 5) is 0. The van der Waals surface area contributed by atoms with Crippen LogP contribution >= 0.6 is 0 Å². The first-order chi connectivity index (χ1) is 8.35. The van der Waals surface area contributed by atoms with E-state index in [1.54, 1.807) is 0 Å². The fourth-order valence-corrected chi connectivity index (χ4v) is 2.15. The minimum Gasteiger partial charge on any atom is -0.314 e. The van der Waals surface area contributed by atoms with Crippen LogP contribution in [0.15, 0.2) is 24.3 Å². The maximum absolute atomic E-state index is 3.61. The van der Waals surface area contributed by atoms with Crippen LogP contribution in [-0.2, 0) is 6.42 Å². The number of hydrogen-bond donors (Lipinski definition) is 1. The Morgan fingerprint density at radius 3 is 2.22 bits per heavy atom. The molecule has 0 radical (unpaired) electrons. The molecule has 1 atom stereocenters. The topological polar surface area (TPSA) is 12.0 Å². The van der Waals surface area contributed by atoms with Crippen molar-refractivity contribution in [3.05, 3.63) is 35.4 Å². The molecule has 18 heavy (non-hydrogen) atoms. The van der Waals surface area contributed by atoms with Crippen LogP contribution in [0.1, 0.15) is 45.7 Å². The van der Waals surface area contributed by atoms with Crippen LogP contribution in [0, 0.1) is 18.3 Å². The third-order valence-corrected chi connectivity index (χ3v) is 4.16. The van der Waals surface area contributed by atoms with Gasteiger partial charge in [0.15, 0.2) is 0 Å². The molecule has 0 spiro atoms. The zero-order chi connectivity index (χ0) is 13.8. The van der Waals surface area contributed by atoms with Crippen molar-refractivity contribution in [3.8, 4) is 0 Å². The molecule has 0 bridgehead atoms. The van der Waals surface area contributed by atoms with E-state index in [2.05, 4.69) is 71.1 Å². The van der Waals surface area contributed by atoms with Gasteiger partial charge in [-0.15, -0.1) is 0 Å². The van der Waals surface area contributed by atoms with E-state index in [1.165, 1.54) is 11.1 Å². The molecule has 0 aliphatic carbocycles. The number of aryl methyl sites for hydroxylation is 1. The predicted octanol–water partition coefficient (Wildman–Crippen LogP) is 4.20. The molecule has 1 nitrogen and oxygen atoms in total. The highest BCUT2D eigenvalue weighted by molar-refractivity contribution is 5.26. The standard InChI is InChI=1S/C17H29N/c1-13(2)17(6,12-18-14(3)4)11-16-10-8-7-9-15(16)5/h7-10,13-14,18H,11-12H2,1-6H3. The first-order valence-electron chi connectivity index (χ1n) is 7.13. The lowest BCUT2D eigenvalue weighted by Crippen LogP contribution is -2.40. The molecule has 0 amide bonds. The third-order valence-electron chi connectivity index (χ3n) is 4.16. The van der Waals surface area contributed by atoms with Crippen LogP contribution in [-0.4, -0.2) is 12.6 Å². The minimum absolute atomic E-state index is 0.316. The zero-order valence-corrected chi connectivity index (χ0v) is 12.9. The van der Waals surface area contributed by atoms with E-state index in [1.807, 2.05) is 0 Å². The lowest BCUT2D eigenvalue weighted by atomic mass is 9.73. The summed E-state index contributed by atoms with van der Waals surface area (Å²) < 4.78 is 0. The molecule has 0 aromatic heterocycles. The van der Waals surface area contributed by atoms with Crippen molar-refractivity contribution in [2.45, 2.75) is 54.0 Å². The molecular formula is C17H29N. The van der Waals surface area contributed by atoms with Gasteiger partial charge in [0, 0.05) is 12.6 Å². The van der Waals surface area contributed by atoms with Crippen molar-refractivity contribution in [2.75, 3.05) is 6.54 Å². The molecule has 1 N–H and O–H groups in total. The largest absolute Gasteiger partial charge is 0.314 e. The molecule has 1 heteroatoms. The molecule has 0 saturated carbocycles. The molecule has 1 aromatic rings. The Labute approximate surface area is 113 Å². The van der Waals surface area contributed by atoms with Gasteiger partial charge in [0.25, 0.3) is 0 Å². The zero-order valence-electron chi connectivity index (χ0n) is 12.9. The Kier molecular flexibility index (Phi) is 5.40. The summed E-state index contributed by atoms with van der Waals surface area (Å²) >= 11 is 0. The van der Waals surface area contributed by atoms with E-state index in [4.69, 9.17) is 0 Å². The Morgan fingerprint density at radius 2 is 1.72 bits per heavy atom. The fourth-order valence-electron chi connectivity index (χ4n) is 2.15. The molecule has 0 aliphatic heterocycles. The normalized spacial score (nSPS) is 15.1. The summed E-state index contributed by atoms with van der Waals surface area (Å²) in [6.07, 6.45) is 1.15. The molecule has 102 valence electrons. The minimum atomic E-state index is 0.316. The Hall–Kier alpha value is -0.820. The van der Waals surface area contributed by atoms with Gasteiger partial charge in [-0.1, -0.05) is 58.9 Å². The van der Waals surface area contributed by atoms with E-state index >= 15 is 0 Å². The van der Waals surface area contributed by atoms with Crippen molar-refractivity contribution in [1.82, 2.24) is 5.32 Å². The SMILES string of the molecule is Cc1ccccc1CC(C)(CNC(C)C)C(C)C. The third kappa shape index (κ3) is 4.13. The highest BCUT2D eigenvalue weighted by Gasteiger charge is 2.29. The van der Waals surface area contributed by atoms with Crippen LogP contribution < -0.4 is 5.32 Å². The highest BCUT2D eigenvalue weighted by Crippen LogP contribution is 2.31. The second-order valence-corrected chi connectivity index (χ2v) is 6.45. The molecule has 0 fully saturated rings. The van der Waals surface area contributed by atoms with E-state index in [-0.39, 0.29) is 0 Å². The number of rotatable bonds is 6. The monoisotopic (exact) mass is 247 g/mol. The van der Waals surface area contributed by atoms with Gasteiger partial charge in [-0.25, -0.2) is 0 Å². The Balaban J connectivity index is 2.83. The summed E-state index contributed by atoms with van der Waals surface area (Å²) in [5.41, 5.74) is 3.21. The first-order valence-corrected chi connectivity index (χ1v) is 7.13. The fraction of sp³-hybridized carbons (Fsp3) is 0.647. The molecule has 0 aliphatic rings.